The van der Waals surface area contributed by atoms with Crippen LogP contribution in [0.4, 0.5) is 0 Å². The van der Waals surface area contributed by atoms with Crippen LogP contribution in [0, 0.1) is 0 Å². The molecule has 0 aromatic carbocycles. The summed E-state index contributed by atoms with van der Waals surface area (Å²) < 4.78 is 4.47. The van der Waals surface area contributed by atoms with E-state index >= 15 is 0 Å². The second-order valence-corrected chi connectivity index (χ2v) is 2.13. The van der Waals surface area contributed by atoms with E-state index in [1.165, 1.54) is 13.0 Å². The van der Waals surface area contributed by atoms with Gasteiger partial charge in [0.1, 0.15) is 0 Å². The molecule has 66 valence electrons. The molecule has 3 nitrogen and oxygen atoms in total. The Bertz CT molecular complexity index is 214. The summed E-state index contributed by atoms with van der Waals surface area (Å²) in [6, 6.07) is 0. The standard InChI is InChI=1S/C9H12O3/c1-3-4-5-6-9(11)7-12-8(2)10/h3-6H,7H2,1-2H3/b4-3+,6-5+. The maximum atomic E-state index is 10.8. The van der Waals surface area contributed by atoms with Gasteiger partial charge >= 0.3 is 5.97 Å². The first-order chi connectivity index (χ1) is 5.66. The Morgan fingerprint density at radius 3 is 2.50 bits per heavy atom. The van der Waals surface area contributed by atoms with Crippen LogP contribution in [0.3, 0.4) is 0 Å². The van der Waals surface area contributed by atoms with Crippen molar-refractivity contribution in [3.05, 3.63) is 24.3 Å². The minimum atomic E-state index is -0.442. The van der Waals surface area contributed by atoms with Crippen molar-refractivity contribution >= 4 is 11.8 Å². The largest absolute Gasteiger partial charge is 0.457 e. The van der Waals surface area contributed by atoms with Crippen LogP contribution < -0.4 is 0 Å². The third-order valence-electron chi connectivity index (χ3n) is 1.00. The van der Waals surface area contributed by atoms with E-state index in [1.54, 1.807) is 18.2 Å². The van der Waals surface area contributed by atoms with Gasteiger partial charge in [0.15, 0.2) is 12.4 Å². The second-order valence-electron chi connectivity index (χ2n) is 2.13. The van der Waals surface area contributed by atoms with Gasteiger partial charge in [-0.05, 0) is 13.0 Å². The minimum absolute atomic E-state index is 0.177. The fraction of sp³-hybridized carbons (Fsp3) is 0.333. The predicted octanol–water partition coefficient (Wildman–Crippen LogP) is 1.25. The summed E-state index contributed by atoms with van der Waals surface area (Å²) >= 11 is 0. The molecule has 0 heterocycles. The zero-order chi connectivity index (χ0) is 9.40. The first kappa shape index (κ1) is 10.6. The number of ether oxygens (including phenoxy) is 1. The highest BCUT2D eigenvalue weighted by atomic mass is 16.5. The van der Waals surface area contributed by atoms with E-state index in [0.29, 0.717) is 0 Å². The van der Waals surface area contributed by atoms with Crippen molar-refractivity contribution in [2.45, 2.75) is 13.8 Å². The van der Waals surface area contributed by atoms with E-state index < -0.39 is 5.97 Å². The van der Waals surface area contributed by atoms with Gasteiger partial charge in [0.05, 0.1) is 0 Å². The molecule has 0 atom stereocenters. The van der Waals surface area contributed by atoms with Crippen LogP contribution >= 0.6 is 0 Å². The topological polar surface area (TPSA) is 43.4 Å². The fourth-order valence-corrected chi connectivity index (χ4v) is 0.495. The Kier molecular flexibility index (Phi) is 5.61. The molecule has 0 spiro atoms. The van der Waals surface area contributed by atoms with Crippen LogP contribution in [0.5, 0.6) is 0 Å². The van der Waals surface area contributed by atoms with Gasteiger partial charge in [-0.2, -0.15) is 0 Å². The number of hydrogen-bond donors (Lipinski definition) is 0. The van der Waals surface area contributed by atoms with Crippen molar-refractivity contribution in [3.63, 3.8) is 0 Å². The maximum absolute atomic E-state index is 10.8. The van der Waals surface area contributed by atoms with Crippen molar-refractivity contribution in [2.24, 2.45) is 0 Å². The molecule has 0 aliphatic carbocycles. The molecule has 0 saturated heterocycles. The van der Waals surface area contributed by atoms with Crippen LogP contribution in [-0.4, -0.2) is 18.4 Å². The third kappa shape index (κ3) is 6.74. The van der Waals surface area contributed by atoms with E-state index in [2.05, 4.69) is 4.74 Å². The normalized spacial score (nSPS) is 10.8. The van der Waals surface area contributed by atoms with Crippen molar-refractivity contribution in [1.82, 2.24) is 0 Å². The molecule has 0 rings (SSSR count). The molecule has 12 heavy (non-hydrogen) atoms. The number of allylic oxidation sites excluding steroid dienone is 3. The van der Waals surface area contributed by atoms with Crippen molar-refractivity contribution < 1.29 is 14.3 Å². The highest BCUT2D eigenvalue weighted by Crippen LogP contribution is 1.83. The third-order valence-corrected chi connectivity index (χ3v) is 1.00. The molecular formula is C9H12O3. The molecule has 3 heteroatoms. The lowest BCUT2D eigenvalue weighted by molar-refractivity contribution is -0.144. The number of carbonyl (C=O) groups excluding carboxylic acids is 2. The van der Waals surface area contributed by atoms with Crippen LogP contribution in [0.25, 0.3) is 0 Å². The summed E-state index contributed by atoms with van der Waals surface area (Å²) in [5, 5.41) is 0. The minimum Gasteiger partial charge on any atom is -0.457 e. The summed E-state index contributed by atoms with van der Waals surface area (Å²) in [5.74, 6) is -0.661. The van der Waals surface area contributed by atoms with Gasteiger partial charge in [-0.1, -0.05) is 18.2 Å². The van der Waals surface area contributed by atoms with Gasteiger partial charge in [0, 0.05) is 6.92 Å². The van der Waals surface area contributed by atoms with E-state index in [4.69, 9.17) is 0 Å². The quantitative estimate of drug-likeness (QED) is 0.360. The zero-order valence-corrected chi connectivity index (χ0v) is 7.24. The number of ketones is 1. The van der Waals surface area contributed by atoms with Gasteiger partial charge in [0.25, 0.3) is 0 Å². The Morgan fingerprint density at radius 1 is 1.33 bits per heavy atom. The summed E-state index contributed by atoms with van der Waals surface area (Å²) in [7, 11) is 0. The molecule has 0 N–H and O–H groups in total. The predicted molar refractivity (Wildman–Crippen MR) is 45.6 cm³/mol. The van der Waals surface area contributed by atoms with Crippen LogP contribution in [-0.2, 0) is 14.3 Å². The van der Waals surface area contributed by atoms with Gasteiger partial charge in [0.2, 0.25) is 0 Å². The summed E-state index contributed by atoms with van der Waals surface area (Å²) in [5.41, 5.74) is 0. The molecule has 0 aromatic heterocycles. The Labute approximate surface area is 71.7 Å². The lowest BCUT2D eigenvalue weighted by atomic mass is 10.3. The summed E-state index contributed by atoms with van der Waals surface area (Å²) in [6.45, 7) is 2.94. The Hall–Kier alpha value is -1.38. The first-order valence-electron chi connectivity index (χ1n) is 3.62. The SMILES string of the molecule is C/C=C/C=C/C(=O)COC(C)=O. The van der Waals surface area contributed by atoms with Gasteiger partial charge in [-0.3, -0.25) is 9.59 Å². The van der Waals surface area contributed by atoms with E-state index in [1.807, 2.05) is 6.92 Å². The molecule has 0 radical (unpaired) electrons. The molecule has 0 fully saturated rings. The van der Waals surface area contributed by atoms with Crippen LogP contribution in [0.1, 0.15) is 13.8 Å². The Balaban J connectivity index is 3.67. The van der Waals surface area contributed by atoms with Crippen molar-refractivity contribution in [3.8, 4) is 0 Å². The van der Waals surface area contributed by atoms with Gasteiger partial charge in [-0.15, -0.1) is 0 Å². The number of esters is 1. The van der Waals surface area contributed by atoms with Crippen LogP contribution in [0.15, 0.2) is 24.3 Å². The number of carbonyl (C=O) groups is 2. The summed E-state index contributed by atoms with van der Waals surface area (Å²) in [4.78, 5) is 21.1. The van der Waals surface area contributed by atoms with E-state index in [9.17, 15) is 9.59 Å². The van der Waals surface area contributed by atoms with Crippen molar-refractivity contribution in [2.75, 3.05) is 6.61 Å². The molecule has 0 unspecified atom stereocenters. The molecule has 0 bridgehead atoms. The fourth-order valence-electron chi connectivity index (χ4n) is 0.495. The summed E-state index contributed by atoms with van der Waals surface area (Å²) in [6.07, 6.45) is 6.50. The van der Waals surface area contributed by atoms with Gasteiger partial charge in [-0.25, -0.2) is 0 Å². The lowest BCUT2D eigenvalue weighted by Gasteiger charge is -1.95. The molecular weight excluding hydrogens is 156 g/mol. The molecule has 0 aliphatic rings. The highest BCUT2D eigenvalue weighted by molar-refractivity contribution is 5.92. The number of rotatable bonds is 4. The van der Waals surface area contributed by atoms with E-state index in [-0.39, 0.29) is 12.4 Å². The smallest absolute Gasteiger partial charge is 0.303 e. The van der Waals surface area contributed by atoms with Crippen LogP contribution in [0.2, 0.25) is 0 Å². The zero-order valence-electron chi connectivity index (χ0n) is 7.24. The monoisotopic (exact) mass is 168 g/mol. The molecule has 0 aromatic rings. The molecule has 0 aliphatic heterocycles. The average Bonchev–Trinajstić information content (AvgIpc) is 2.01. The average molecular weight is 168 g/mol. The van der Waals surface area contributed by atoms with Crippen molar-refractivity contribution in [1.29, 1.82) is 0 Å². The maximum Gasteiger partial charge on any atom is 0.303 e. The van der Waals surface area contributed by atoms with Gasteiger partial charge < -0.3 is 4.74 Å². The second kappa shape index (κ2) is 6.34. The molecule has 0 saturated carbocycles. The molecule has 0 amide bonds. The Morgan fingerprint density at radius 2 is 2.00 bits per heavy atom. The first-order valence-corrected chi connectivity index (χ1v) is 3.62. The lowest BCUT2D eigenvalue weighted by Crippen LogP contribution is -2.08. The number of hydrogen-bond acceptors (Lipinski definition) is 3. The highest BCUT2D eigenvalue weighted by Gasteiger charge is 1.97. The van der Waals surface area contributed by atoms with E-state index in [0.717, 1.165) is 0 Å².